The minimum absolute atomic E-state index is 0.159. The molecule has 0 amide bonds. The van der Waals surface area contributed by atoms with Gasteiger partial charge in [-0.05, 0) is 37.8 Å². The van der Waals surface area contributed by atoms with Gasteiger partial charge >= 0.3 is 5.97 Å². The summed E-state index contributed by atoms with van der Waals surface area (Å²) >= 11 is 0. The number of rotatable bonds is 6. The predicted octanol–water partition coefficient (Wildman–Crippen LogP) is 2.48. The number of ether oxygens (including phenoxy) is 1. The van der Waals surface area contributed by atoms with E-state index in [1.54, 1.807) is 13.8 Å². The number of carbonyl (C=O) groups is 1. The van der Waals surface area contributed by atoms with Gasteiger partial charge in [-0.3, -0.25) is 4.79 Å². The molecule has 0 saturated carbocycles. The Kier molecular flexibility index (Phi) is 6.14. The summed E-state index contributed by atoms with van der Waals surface area (Å²) < 4.78 is 32.7. The third-order valence-electron chi connectivity index (χ3n) is 3.82. The van der Waals surface area contributed by atoms with E-state index in [1.165, 1.54) is 7.11 Å². The number of esters is 1. The standard InChI is InChI=1S/C16H25NO4S/c1-7-11(3)14(16(18)21-6)17-22(19,20)15-12(4)8-10(2)9-13(15)5/h8-9,11,14,17H,7H2,1-6H3/t11-,14-/m0/s1. The minimum Gasteiger partial charge on any atom is -0.468 e. The highest BCUT2D eigenvalue weighted by atomic mass is 32.2. The Morgan fingerprint density at radius 1 is 1.23 bits per heavy atom. The predicted molar refractivity (Wildman–Crippen MR) is 86.2 cm³/mol. The second-order valence-electron chi connectivity index (χ2n) is 5.74. The normalized spacial score (nSPS) is 14.5. The Labute approximate surface area is 133 Å². The zero-order valence-electron chi connectivity index (χ0n) is 14.1. The molecule has 0 fully saturated rings. The number of carbonyl (C=O) groups excluding carboxylic acids is 1. The van der Waals surface area contributed by atoms with Crippen molar-refractivity contribution in [3.8, 4) is 0 Å². The lowest BCUT2D eigenvalue weighted by molar-refractivity contribution is -0.143. The highest BCUT2D eigenvalue weighted by molar-refractivity contribution is 7.89. The maximum Gasteiger partial charge on any atom is 0.324 e. The summed E-state index contributed by atoms with van der Waals surface area (Å²) in [4.78, 5) is 12.1. The van der Waals surface area contributed by atoms with Crippen molar-refractivity contribution in [3.05, 3.63) is 28.8 Å². The molecule has 2 atom stereocenters. The van der Waals surface area contributed by atoms with E-state index >= 15 is 0 Å². The summed E-state index contributed by atoms with van der Waals surface area (Å²) in [5.74, 6) is -0.728. The first-order valence-corrected chi connectivity index (χ1v) is 8.80. The van der Waals surface area contributed by atoms with Crippen LogP contribution in [0.4, 0.5) is 0 Å². The molecule has 22 heavy (non-hydrogen) atoms. The van der Waals surface area contributed by atoms with Gasteiger partial charge in [0.1, 0.15) is 6.04 Å². The number of sulfonamides is 1. The van der Waals surface area contributed by atoms with Crippen LogP contribution in [0, 0.1) is 26.7 Å². The lowest BCUT2D eigenvalue weighted by atomic mass is 10.0. The van der Waals surface area contributed by atoms with E-state index in [0.717, 1.165) is 5.56 Å². The molecule has 0 saturated heterocycles. The summed E-state index contributed by atoms with van der Waals surface area (Å²) in [6, 6.07) is 2.75. The summed E-state index contributed by atoms with van der Waals surface area (Å²) in [5.41, 5.74) is 2.33. The number of methoxy groups -OCH3 is 1. The fourth-order valence-electron chi connectivity index (χ4n) is 2.58. The highest BCUT2D eigenvalue weighted by Gasteiger charge is 2.31. The smallest absolute Gasteiger partial charge is 0.324 e. The lowest BCUT2D eigenvalue weighted by Crippen LogP contribution is -2.45. The second-order valence-corrected chi connectivity index (χ2v) is 7.39. The molecule has 0 bridgehead atoms. The average molecular weight is 327 g/mol. The van der Waals surface area contributed by atoms with Crippen LogP contribution >= 0.6 is 0 Å². The van der Waals surface area contributed by atoms with Crippen molar-refractivity contribution in [2.45, 2.75) is 52.0 Å². The van der Waals surface area contributed by atoms with Crippen LogP contribution in [-0.2, 0) is 19.6 Å². The average Bonchev–Trinajstić information content (AvgIpc) is 2.41. The first-order valence-electron chi connectivity index (χ1n) is 7.32. The Hall–Kier alpha value is -1.40. The summed E-state index contributed by atoms with van der Waals surface area (Å²) in [6.45, 7) is 9.15. The Balaban J connectivity index is 3.27. The largest absolute Gasteiger partial charge is 0.468 e. The van der Waals surface area contributed by atoms with Crippen LogP contribution in [0.5, 0.6) is 0 Å². The molecule has 124 valence electrons. The molecule has 0 radical (unpaired) electrons. The van der Waals surface area contributed by atoms with Crippen molar-refractivity contribution in [3.63, 3.8) is 0 Å². The first kappa shape index (κ1) is 18.6. The van der Waals surface area contributed by atoms with Crippen LogP contribution in [0.3, 0.4) is 0 Å². The summed E-state index contributed by atoms with van der Waals surface area (Å²) in [6.07, 6.45) is 0.661. The number of benzene rings is 1. The van der Waals surface area contributed by atoms with Crippen molar-refractivity contribution in [1.29, 1.82) is 0 Å². The molecule has 6 heteroatoms. The Morgan fingerprint density at radius 2 is 1.73 bits per heavy atom. The fourth-order valence-corrected chi connectivity index (χ4v) is 4.32. The van der Waals surface area contributed by atoms with Crippen LogP contribution in [-0.4, -0.2) is 27.5 Å². The molecule has 0 aliphatic rings. The van der Waals surface area contributed by atoms with Crippen molar-refractivity contribution in [2.24, 2.45) is 5.92 Å². The quantitative estimate of drug-likeness (QED) is 0.815. The number of aryl methyl sites for hydroxylation is 3. The molecule has 5 nitrogen and oxygen atoms in total. The van der Waals surface area contributed by atoms with Crippen LogP contribution in [0.2, 0.25) is 0 Å². The van der Waals surface area contributed by atoms with E-state index in [0.29, 0.717) is 17.5 Å². The molecule has 0 unspecified atom stereocenters. The maximum absolute atomic E-state index is 12.7. The monoisotopic (exact) mass is 327 g/mol. The van der Waals surface area contributed by atoms with Gasteiger partial charge in [0.2, 0.25) is 10.0 Å². The van der Waals surface area contributed by atoms with Gasteiger partial charge in [0, 0.05) is 0 Å². The van der Waals surface area contributed by atoms with Gasteiger partial charge in [-0.15, -0.1) is 0 Å². The van der Waals surface area contributed by atoms with Crippen LogP contribution in [0.1, 0.15) is 37.0 Å². The van der Waals surface area contributed by atoms with Crippen LogP contribution in [0.25, 0.3) is 0 Å². The van der Waals surface area contributed by atoms with Gasteiger partial charge in [0.15, 0.2) is 0 Å². The molecule has 0 aliphatic carbocycles. The maximum atomic E-state index is 12.7. The zero-order chi connectivity index (χ0) is 17.1. The molecule has 0 aromatic heterocycles. The Morgan fingerprint density at radius 3 is 2.14 bits per heavy atom. The van der Waals surface area contributed by atoms with Crippen LogP contribution < -0.4 is 4.72 Å². The molecule has 1 N–H and O–H groups in total. The Bertz CT molecular complexity index is 629. The summed E-state index contributed by atoms with van der Waals surface area (Å²) in [7, 11) is -2.54. The molecular weight excluding hydrogens is 302 g/mol. The van der Waals surface area contributed by atoms with Gasteiger partial charge in [0.25, 0.3) is 0 Å². The van der Waals surface area contributed by atoms with E-state index in [1.807, 2.05) is 32.9 Å². The SMILES string of the molecule is CC[C@H](C)[C@H](NS(=O)(=O)c1c(C)cc(C)cc1C)C(=O)OC. The zero-order valence-corrected chi connectivity index (χ0v) is 14.9. The number of hydrogen-bond acceptors (Lipinski definition) is 4. The molecule has 0 aliphatic heterocycles. The van der Waals surface area contributed by atoms with Gasteiger partial charge in [-0.1, -0.05) is 38.0 Å². The second kappa shape index (κ2) is 7.24. The minimum atomic E-state index is -3.80. The first-order chi connectivity index (χ1) is 10.1. The third kappa shape index (κ3) is 4.08. The van der Waals surface area contributed by atoms with Crippen molar-refractivity contribution in [1.82, 2.24) is 4.72 Å². The molecule has 1 rings (SSSR count). The number of hydrogen-bond donors (Lipinski definition) is 1. The summed E-state index contributed by atoms with van der Waals surface area (Å²) in [5, 5.41) is 0. The fraction of sp³-hybridized carbons (Fsp3) is 0.562. The molecule has 0 spiro atoms. The van der Waals surface area contributed by atoms with E-state index in [9.17, 15) is 13.2 Å². The molecule has 1 aromatic carbocycles. The van der Waals surface area contributed by atoms with Gasteiger partial charge in [-0.25, -0.2) is 8.42 Å². The lowest BCUT2D eigenvalue weighted by Gasteiger charge is -2.23. The van der Waals surface area contributed by atoms with Gasteiger partial charge in [-0.2, -0.15) is 4.72 Å². The van der Waals surface area contributed by atoms with Crippen molar-refractivity contribution in [2.75, 3.05) is 7.11 Å². The van der Waals surface area contributed by atoms with E-state index < -0.39 is 22.0 Å². The van der Waals surface area contributed by atoms with E-state index in [-0.39, 0.29) is 10.8 Å². The van der Waals surface area contributed by atoms with E-state index in [4.69, 9.17) is 4.74 Å². The third-order valence-corrected chi connectivity index (χ3v) is 5.57. The van der Waals surface area contributed by atoms with Crippen molar-refractivity contribution < 1.29 is 17.9 Å². The van der Waals surface area contributed by atoms with Crippen LogP contribution in [0.15, 0.2) is 17.0 Å². The topological polar surface area (TPSA) is 72.5 Å². The van der Waals surface area contributed by atoms with Gasteiger partial charge < -0.3 is 4.74 Å². The molecule has 1 aromatic rings. The van der Waals surface area contributed by atoms with E-state index in [2.05, 4.69) is 4.72 Å². The van der Waals surface area contributed by atoms with Gasteiger partial charge in [0.05, 0.1) is 12.0 Å². The van der Waals surface area contributed by atoms with Crippen molar-refractivity contribution >= 4 is 16.0 Å². The molecular formula is C16H25NO4S. The molecule has 0 heterocycles. The number of nitrogens with one attached hydrogen (secondary N) is 1. The highest BCUT2D eigenvalue weighted by Crippen LogP contribution is 2.23.